The molecule has 9 nitrogen and oxygen atoms in total. The number of amides is 2. The van der Waals surface area contributed by atoms with Crippen LogP contribution in [0.1, 0.15) is 38.5 Å². The first-order chi connectivity index (χ1) is 15.4. The van der Waals surface area contributed by atoms with E-state index in [9.17, 15) is 9.00 Å². The minimum absolute atomic E-state index is 0.114. The van der Waals surface area contributed by atoms with Gasteiger partial charge in [0.05, 0.1) is 25.7 Å². The second-order valence-electron chi connectivity index (χ2n) is 7.98. The van der Waals surface area contributed by atoms with E-state index in [4.69, 9.17) is 4.74 Å². The van der Waals surface area contributed by atoms with Crippen molar-refractivity contribution in [3.05, 3.63) is 28.9 Å². The summed E-state index contributed by atoms with van der Waals surface area (Å²) in [7, 11) is -3.00. The Morgan fingerprint density at radius 2 is 2.09 bits per heavy atom. The molecule has 1 atom stereocenters. The molecule has 1 saturated carbocycles. The molecule has 1 fully saturated rings. The topological polar surface area (TPSA) is 118 Å². The molecule has 0 saturated heterocycles. The first kappa shape index (κ1) is 22.8. The number of carbonyl (C=O) groups excluding carboxylic acids is 1. The molecule has 32 heavy (non-hydrogen) atoms. The predicted molar refractivity (Wildman–Crippen MR) is 128 cm³/mol. The van der Waals surface area contributed by atoms with Crippen molar-refractivity contribution in [2.45, 2.75) is 49.5 Å². The minimum Gasteiger partial charge on any atom is -0.492 e. The number of fused-ring (bicyclic) bond motifs is 4. The van der Waals surface area contributed by atoms with Crippen molar-refractivity contribution in [1.29, 1.82) is 0 Å². The standard InChI is InChI=1S/C21H27BrN6O3S/c1-32(30,28-21(29)26-14-6-2-3-7-14)18-9-8-15-12-17(18)31-11-5-4-10-23-19-16(22)13-24-20(25-15)27-19/h8-9,12-14H,2-7,10-11H2,1H3,(H,26,29)(H2,23,24,25,27). The Morgan fingerprint density at radius 3 is 2.91 bits per heavy atom. The van der Waals surface area contributed by atoms with E-state index < -0.39 is 15.8 Å². The van der Waals surface area contributed by atoms with Crippen molar-refractivity contribution in [2.24, 2.45) is 4.36 Å². The van der Waals surface area contributed by atoms with E-state index in [-0.39, 0.29) is 6.04 Å². The minimum atomic E-state index is -3.00. The maximum Gasteiger partial charge on any atom is 0.349 e. The average Bonchev–Trinajstić information content (AvgIpc) is 3.24. The number of hydrogen-bond acceptors (Lipinski definition) is 7. The van der Waals surface area contributed by atoms with E-state index in [1.54, 1.807) is 24.4 Å². The molecule has 1 aromatic carbocycles. The number of benzene rings is 1. The quantitative estimate of drug-likeness (QED) is 0.524. The Kier molecular flexibility index (Phi) is 7.14. The van der Waals surface area contributed by atoms with Gasteiger partial charge in [0, 0.05) is 36.8 Å². The molecule has 2 aliphatic rings. The third kappa shape index (κ3) is 5.69. The maximum absolute atomic E-state index is 13.4. The van der Waals surface area contributed by atoms with Crippen molar-refractivity contribution < 1.29 is 13.7 Å². The lowest BCUT2D eigenvalue weighted by Gasteiger charge is -2.15. The average molecular weight is 523 g/mol. The molecule has 4 bridgehead atoms. The van der Waals surface area contributed by atoms with E-state index in [1.807, 2.05) is 0 Å². The number of anilines is 3. The Hall–Kier alpha value is -2.40. The van der Waals surface area contributed by atoms with Crippen molar-refractivity contribution in [1.82, 2.24) is 15.3 Å². The molecule has 11 heteroatoms. The zero-order chi connectivity index (χ0) is 22.6. The van der Waals surface area contributed by atoms with Gasteiger partial charge in [-0.25, -0.2) is 14.0 Å². The summed E-state index contributed by atoms with van der Waals surface area (Å²) in [5.41, 5.74) is 0.682. The molecule has 4 rings (SSSR count). The summed E-state index contributed by atoms with van der Waals surface area (Å²) in [4.78, 5) is 21.6. The summed E-state index contributed by atoms with van der Waals surface area (Å²) < 4.78 is 24.2. The summed E-state index contributed by atoms with van der Waals surface area (Å²) in [6, 6.07) is 4.77. The summed E-state index contributed by atoms with van der Waals surface area (Å²) >= 11 is 3.46. The van der Waals surface area contributed by atoms with Gasteiger partial charge in [-0.05, 0) is 53.7 Å². The van der Waals surface area contributed by atoms with Crippen LogP contribution in [0.25, 0.3) is 0 Å². The van der Waals surface area contributed by atoms with E-state index in [0.717, 1.165) is 49.5 Å². The van der Waals surface area contributed by atoms with Crippen LogP contribution in [-0.4, -0.2) is 45.7 Å². The second-order valence-corrected chi connectivity index (χ2v) is 11.1. The zero-order valence-corrected chi connectivity index (χ0v) is 20.3. The van der Waals surface area contributed by atoms with Crippen LogP contribution in [0.15, 0.2) is 38.1 Å². The molecule has 2 amide bonds. The molecule has 1 unspecified atom stereocenters. The van der Waals surface area contributed by atoms with Crippen LogP contribution < -0.4 is 20.7 Å². The monoisotopic (exact) mass is 522 g/mol. The lowest BCUT2D eigenvalue weighted by atomic mass is 10.3. The third-order valence-corrected chi connectivity index (χ3v) is 7.66. The van der Waals surface area contributed by atoms with Crippen LogP contribution in [0.2, 0.25) is 0 Å². The van der Waals surface area contributed by atoms with Gasteiger partial charge in [-0.2, -0.15) is 4.98 Å². The number of nitrogens with one attached hydrogen (secondary N) is 3. The highest BCUT2D eigenvalue weighted by atomic mass is 79.9. The number of ether oxygens (including phenoxy) is 1. The zero-order valence-electron chi connectivity index (χ0n) is 17.9. The van der Waals surface area contributed by atoms with Crippen molar-refractivity contribution in [3.63, 3.8) is 0 Å². The molecule has 3 N–H and O–H groups in total. The van der Waals surface area contributed by atoms with Gasteiger partial charge in [-0.3, -0.25) is 0 Å². The fourth-order valence-electron chi connectivity index (χ4n) is 3.79. The molecular weight excluding hydrogens is 496 g/mol. The van der Waals surface area contributed by atoms with Gasteiger partial charge in [-0.1, -0.05) is 12.8 Å². The lowest BCUT2D eigenvalue weighted by molar-refractivity contribution is 0.246. The van der Waals surface area contributed by atoms with E-state index in [2.05, 4.69) is 46.2 Å². The Balaban J connectivity index is 1.63. The van der Waals surface area contributed by atoms with Crippen molar-refractivity contribution in [2.75, 3.05) is 30.0 Å². The molecule has 1 aliphatic heterocycles. The molecule has 2 heterocycles. The van der Waals surface area contributed by atoms with Crippen LogP contribution in [0.3, 0.4) is 0 Å². The first-order valence-electron chi connectivity index (χ1n) is 10.7. The predicted octanol–water partition coefficient (Wildman–Crippen LogP) is 4.68. The highest BCUT2D eigenvalue weighted by Gasteiger charge is 2.20. The van der Waals surface area contributed by atoms with Gasteiger partial charge in [0.2, 0.25) is 5.95 Å². The number of nitrogens with zero attached hydrogens (tertiary/aromatic N) is 3. The lowest BCUT2D eigenvalue weighted by Crippen LogP contribution is -2.30. The van der Waals surface area contributed by atoms with Crippen LogP contribution in [0.4, 0.5) is 22.2 Å². The summed E-state index contributed by atoms with van der Waals surface area (Å²) in [6.07, 6.45) is 8.89. The van der Waals surface area contributed by atoms with E-state index in [0.29, 0.717) is 34.7 Å². The van der Waals surface area contributed by atoms with Crippen molar-refractivity contribution in [3.8, 4) is 5.75 Å². The van der Waals surface area contributed by atoms with Crippen molar-refractivity contribution >= 4 is 49.1 Å². The number of halogens is 1. The van der Waals surface area contributed by atoms with Gasteiger partial charge in [0.15, 0.2) is 0 Å². The number of rotatable bonds is 2. The molecule has 0 radical (unpaired) electrons. The Labute approximate surface area is 196 Å². The fourth-order valence-corrected chi connectivity index (χ4v) is 5.40. The first-order valence-corrected chi connectivity index (χ1v) is 13.5. The molecule has 172 valence electrons. The molecule has 2 aromatic rings. The number of carbonyl (C=O) groups is 1. The Bertz CT molecular complexity index is 1110. The SMILES string of the molecule is CS(=O)(=NC(=O)NC1CCCC1)c1ccc2cc1OCCCCNc1nc(ncc1Br)N2. The van der Waals surface area contributed by atoms with E-state index >= 15 is 0 Å². The largest absolute Gasteiger partial charge is 0.492 e. The normalized spacial score (nSPS) is 18.4. The summed E-state index contributed by atoms with van der Waals surface area (Å²) in [5, 5.41) is 9.31. The molecule has 1 aromatic heterocycles. The van der Waals surface area contributed by atoms with Gasteiger partial charge in [-0.15, -0.1) is 4.36 Å². The highest BCUT2D eigenvalue weighted by Crippen LogP contribution is 2.31. The van der Waals surface area contributed by atoms with Crippen LogP contribution >= 0.6 is 15.9 Å². The maximum atomic E-state index is 13.4. The van der Waals surface area contributed by atoms with Gasteiger partial charge in [0.1, 0.15) is 11.6 Å². The number of urea groups is 1. The van der Waals surface area contributed by atoms with E-state index in [1.165, 1.54) is 6.26 Å². The van der Waals surface area contributed by atoms with Gasteiger partial charge in [0.25, 0.3) is 0 Å². The van der Waals surface area contributed by atoms with Crippen LogP contribution in [-0.2, 0) is 9.73 Å². The smallest absolute Gasteiger partial charge is 0.349 e. The molecular formula is C21H27BrN6O3S. The number of aromatic nitrogens is 2. The van der Waals surface area contributed by atoms with Gasteiger partial charge >= 0.3 is 6.03 Å². The highest BCUT2D eigenvalue weighted by molar-refractivity contribution is 9.10. The fraction of sp³-hybridized carbons (Fsp3) is 0.476. The van der Waals surface area contributed by atoms with Gasteiger partial charge < -0.3 is 20.7 Å². The van der Waals surface area contributed by atoms with Crippen LogP contribution in [0, 0.1) is 0 Å². The second kappa shape index (κ2) is 10.0. The molecule has 0 spiro atoms. The number of hydrogen-bond donors (Lipinski definition) is 3. The Morgan fingerprint density at radius 1 is 1.28 bits per heavy atom. The molecule has 1 aliphatic carbocycles. The van der Waals surface area contributed by atoms with Crippen LogP contribution in [0.5, 0.6) is 5.75 Å². The third-order valence-electron chi connectivity index (χ3n) is 5.41. The summed E-state index contributed by atoms with van der Waals surface area (Å²) in [6.45, 7) is 1.18. The summed E-state index contributed by atoms with van der Waals surface area (Å²) in [5.74, 6) is 1.57.